The fraction of sp³-hybridized carbons (Fsp3) is 0.308. The number of benzene rings is 1. The fourth-order valence-corrected chi connectivity index (χ4v) is 2.34. The Bertz CT molecular complexity index is 714. The van der Waals surface area contributed by atoms with E-state index in [9.17, 15) is 8.78 Å². The SMILES string of the molecule is Fc1cccc(F)c1/C=N\n1c([C@@H]2CCCO2)n[nH]c1=S. The maximum atomic E-state index is 13.6. The molecule has 5 nitrogen and oxygen atoms in total. The fourth-order valence-electron chi connectivity index (χ4n) is 2.15. The molecule has 1 saturated heterocycles. The van der Waals surface area contributed by atoms with Crippen molar-refractivity contribution >= 4 is 18.4 Å². The number of nitrogens with one attached hydrogen (secondary N) is 1. The van der Waals surface area contributed by atoms with Crippen LogP contribution < -0.4 is 0 Å². The summed E-state index contributed by atoms with van der Waals surface area (Å²) in [5.41, 5.74) is -0.223. The maximum absolute atomic E-state index is 13.6. The Hall–Kier alpha value is -1.93. The van der Waals surface area contributed by atoms with E-state index in [2.05, 4.69) is 15.3 Å². The van der Waals surface area contributed by atoms with Crippen LogP contribution >= 0.6 is 12.2 Å². The number of aromatic amines is 1. The first kappa shape index (κ1) is 14.0. The van der Waals surface area contributed by atoms with Gasteiger partial charge >= 0.3 is 0 Å². The third kappa shape index (κ3) is 2.77. The van der Waals surface area contributed by atoms with Crippen molar-refractivity contribution in [3.05, 3.63) is 46.0 Å². The molecule has 0 spiro atoms. The minimum Gasteiger partial charge on any atom is -0.370 e. The lowest BCUT2D eigenvalue weighted by atomic mass is 10.2. The number of hydrogen-bond acceptors (Lipinski definition) is 4. The summed E-state index contributed by atoms with van der Waals surface area (Å²) in [6.45, 7) is 0.649. The van der Waals surface area contributed by atoms with E-state index in [-0.39, 0.29) is 16.4 Å². The van der Waals surface area contributed by atoms with Crippen LogP contribution in [0, 0.1) is 16.4 Å². The molecular weight excluding hydrogens is 298 g/mol. The van der Waals surface area contributed by atoms with Crippen LogP contribution in [0.5, 0.6) is 0 Å². The zero-order chi connectivity index (χ0) is 14.8. The molecule has 0 saturated carbocycles. The van der Waals surface area contributed by atoms with Gasteiger partial charge in [0.15, 0.2) is 5.82 Å². The number of H-pyrrole nitrogens is 1. The van der Waals surface area contributed by atoms with Crippen molar-refractivity contribution in [1.29, 1.82) is 0 Å². The Labute approximate surface area is 124 Å². The summed E-state index contributed by atoms with van der Waals surface area (Å²) in [6, 6.07) is 3.63. The zero-order valence-corrected chi connectivity index (χ0v) is 11.7. The first-order valence-corrected chi connectivity index (χ1v) is 6.85. The van der Waals surface area contributed by atoms with Crippen LogP contribution in [0.1, 0.15) is 30.3 Å². The molecule has 0 bridgehead atoms. The summed E-state index contributed by atoms with van der Waals surface area (Å²) < 4.78 is 34.2. The lowest BCUT2D eigenvalue weighted by Crippen LogP contribution is -2.06. The molecule has 1 atom stereocenters. The van der Waals surface area contributed by atoms with E-state index >= 15 is 0 Å². The lowest BCUT2D eigenvalue weighted by molar-refractivity contribution is 0.102. The number of rotatable bonds is 3. The summed E-state index contributed by atoms with van der Waals surface area (Å²) in [5.74, 6) is -0.870. The molecule has 2 heterocycles. The van der Waals surface area contributed by atoms with E-state index in [0.29, 0.717) is 12.4 Å². The number of nitrogens with zero attached hydrogens (tertiary/aromatic N) is 3. The summed E-state index contributed by atoms with van der Waals surface area (Å²) >= 11 is 5.08. The summed E-state index contributed by atoms with van der Waals surface area (Å²) in [5, 5.41) is 10.7. The van der Waals surface area contributed by atoms with E-state index in [0.717, 1.165) is 19.1 Å². The van der Waals surface area contributed by atoms with Gasteiger partial charge in [-0.1, -0.05) is 6.07 Å². The van der Waals surface area contributed by atoms with E-state index in [4.69, 9.17) is 17.0 Å². The molecule has 1 N–H and O–H groups in total. The van der Waals surface area contributed by atoms with Gasteiger partial charge in [0.2, 0.25) is 4.77 Å². The van der Waals surface area contributed by atoms with Gasteiger partial charge in [-0.3, -0.25) is 5.10 Å². The number of hydrogen-bond donors (Lipinski definition) is 1. The van der Waals surface area contributed by atoms with Gasteiger partial charge < -0.3 is 4.74 Å². The van der Waals surface area contributed by atoms with Crippen molar-refractivity contribution < 1.29 is 13.5 Å². The molecule has 110 valence electrons. The molecule has 1 aromatic heterocycles. The van der Waals surface area contributed by atoms with Crippen LogP contribution in [0.15, 0.2) is 23.3 Å². The van der Waals surface area contributed by atoms with Gasteiger partial charge in [0.25, 0.3) is 0 Å². The van der Waals surface area contributed by atoms with Gasteiger partial charge in [0.05, 0.1) is 11.8 Å². The van der Waals surface area contributed by atoms with Gasteiger partial charge in [-0.05, 0) is 37.2 Å². The first-order chi connectivity index (χ1) is 10.2. The van der Waals surface area contributed by atoms with Gasteiger partial charge in [-0.2, -0.15) is 14.9 Å². The normalized spacial score (nSPS) is 18.7. The predicted molar refractivity (Wildman–Crippen MR) is 74.7 cm³/mol. The highest BCUT2D eigenvalue weighted by Gasteiger charge is 2.23. The predicted octanol–water partition coefficient (Wildman–Crippen LogP) is 2.95. The van der Waals surface area contributed by atoms with E-state index < -0.39 is 11.6 Å². The van der Waals surface area contributed by atoms with Crippen LogP contribution in [0.25, 0.3) is 0 Å². The Morgan fingerprint density at radius 1 is 1.43 bits per heavy atom. The van der Waals surface area contributed by atoms with E-state index in [1.165, 1.54) is 22.9 Å². The average molecular weight is 310 g/mol. The van der Waals surface area contributed by atoms with Crippen molar-refractivity contribution in [2.75, 3.05) is 6.61 Å². The molecule has 0 aliphatic carbocycles. The minimum absolute atomic E-state index is 0.208. The topological polar surface area (TPSA) is 55.2 Å². The van der Waals surface area contributed by atoms with Crippen molar-refractivity contribution in [3.63, 3.8) is 0 Å². The number of ether oxygens (including phenoxy) is 1. The maximum Gasteiger partial charge on any atom is 0.216 e. The Kier molecular flexibility index (Phi) is 3.89. The number of halogens is 2. The highest BCUT2D eigenvalue weighted by molar-refractivity contribution is 7.71. The number of aromatic nitrogens is 3. The second-order valence-corrected chi connectivity index (χ2v) is 4.97. The van der Waals surface area contributed by atoms with Crippen LogP contribution in [-0.2, 0) is 4.74 Å². The highest BCUT2D eigenvalue weighted by atomic mass is 32.1. The quantitative estimate of drug-likeness (QED) is 0.700. The molecule has 8 heteroatoms. The van der Waals surface area contributed by atoms with Crippen LogP contribution in [0.3, 0.4) is 0 Å². The minimum atomic E-state index is -0.688. The Morgan fingerprint density at radius 3 is 2.86 bits per heavy atom. The summed E-state index contributed by atoms with van der Waals surface area (Å²) in [6.07, 6.45) is 2.62. The van der Waals surface area contributed by atoms with Crippen molar-refractivity contribution in [3.8, 4) is 0 Å². The third-order valence-corrected chi connectivity index (χ3v) is 3.46. The third-order valence-electron chi connectivity index (χ3n) is 3.20. The van der Waals surface area contributed by atoms with Gasteiger partial charge in [-0.25, -0.2) is 8.78 Å². The largest absolute Gasteiger partial charge is 0.370 e. The molecule has 3 rings (SSSR count). The average Bonchev–Trinajstić information content (AvgIpc) is 3.08. The molecule has 1 aliphatic heterocycles. The standard InChI is InChI=1S/C13H12F2N4OS/c14-9-3-1-4-10(15)8(9)7-16-19-12(17-18-13(19)21)11-5-2-6-20-11/h1,3-4,7,11H,2,5-6H2,(H,18,21)/b16-7-/t11-/m0/s1. The highest BCUT2D eigenvalue weighted by Crippen LogP contribution is 2.27. The molecule has 0 amide bonds. The second kappa shape index (κ2) is 5.82. The van der Waals surface area contributed by atoms with Crippen molar-refractivity contribution in [2.24, 2.45) is 5.10 Å². The molecule has 1 aromatic carbocycles. The van der Waals surface area contributed by atoms with Crippen LogP contribution in [-0.4, -0.2) is 27.7 Å². The summed E-state index contributed by atoms with van der Waals surface area (Å²) in [7, 11) is 0. The van der Waals surface area contributed by atoms with Crippen LogP contribution in [0.4, 0.5) is 8.78 Å². The van der Waals surface area contributed by atoms with Gasteiger partial charge in [0.1, 0.15) is 17.7 Å². The molecule has 2 aromatic rings. The smallest absolute Gasteiger partial charge is 0.216 e. The molecule has 0 radical (unpaired) electrons. The van der Waals surface area contributed by atoms with Crippen LogP contribution in [0.2, 0.25) is 0 Å². The molecule has 1 aliphatic rings. The van der Waals surface area contributed by atoms with E-state index in [1.54, 1.807) is 0 Å². The molecule has 21 heavy (non-hydrogen) atoms. The summed E-state index contributed by atoms with van der Waals surface area (Å²) in [4.78, 5) is 0. The van der Waals surface area contributed by atoms with Crippen molar-refractivity contribution in [2.45, 2.75) is 18.9 Å². The molecular formula is C13H12F2N4OS. The van der Waals surface area contributed by atoms with Gasteiger partial charge in [-0.15, -0.1) is 0 Å². The lowest BCUT2D eigenvalue weighted by Gasteiger charge is -2.07. The van der Waals surface area contributed by atoms with E-state index in [1.807, 2.05) is 0 Å². The Morgan fingerprint density at radius 2 is 2.19 bits per heavy atom. The van der Waals surface area contributed by atoms with Crippen molar-refractivity contribution in [1.82, 2.24) is 14.9 Å². The molecule has 1 fully saturated rings. The monoisotopic (exact) mass is 310 g/mol. The molecule has 0 unspecified atom stereocenters. The zero-order valence-electron chi connectivity index (χ0n) is 10.9. The first-order valence-electron chi connectivity index (χ1n) is 6.44. The second-order valence-electron chi connectivity index (χ2n) is 4.58. The van der Waals surface area contributed by atoms with Gasteiger partial charge in [0, 0.05) is 6.61 Å². The Balaban J connectivity index is 1.96.